The Hall–Kier alpha value is -2.53. The average Bonchev–Trinajstić information content (AvgIpc) is 2.70. The zero-order valence-electron chi connectivity index (χ0n) is 16.5. The van der Waals surface area contributed by atoms with Gasteiger partial charge >= 0.3 is 5.97 Å². The van der Waals surface area contributed by atoms with Gasteiger partial charge in [0.2, 0.25) is 0 Å². The second kappa shape index (κ2) is 7.13. The molecule has 2 aliphatic heterocycles. The number of aromatic carboxylic acids is 1. The van der Waals surface area contributed by atoms with Gasteiger partial charge in [-0.15, -0.1) is 0 Å². The van der Waals surface area contributed by atoms with E-state index in [9.17, 15) is 9.90 Å². The van der Waals surface area contributed by atoms with E-state index in [1.165, 1.54) is 5.56 Å². The summed E-state index contributed by atoms with van der Waals surface area (Å²) in [6, 6.07) is 13.5. The van der Waals surface area contributed by atoms with Gasteiger partial charge < -0.3 is 19.9 Å². The Kier molecular flexibility index (Phi) is 4.79. The van der Waals surface area contributed by atoms with Gasteiger partial charge in [0.25, 0.3) is 0 Å². The summed E-state index contributed by atoms with van der Waals surface area (Å²) in [4.78, 5) is 11.4. The number of methoxy groups -OCH3 is 1. The molecule has 0 amide bonds. The maximum atomic E-state index is 11.4. The second-order valence-electron chi connectivity index (χ2n) is 8.24. The fourth-order valence-corrected chi connectivity index (χ4v) is 4.82. The lowest BCUT2D eigenvalue weighted by atomic mass is 9.61. The summed E-state index contributed by atoms with van der Waals surface area (Å²) >= 11 is 0. The number of benzene rings is 2. The van der Waals surface area contributed by atoms with Gasteiger partial charge in [0.1, 0.15) is 17.1 Å². The predicted molar refractivity (Wildman–Crippen MR) is 107 cm³/mol. The number of carbonyl (C=O) groups is 1. The van der Waals surface area contributed by atoms with Crippen molar-refractivity contribution in [3.05, 3.63) is 59.2 Å². The first kappa shape index (κ1) is 18.8. The van der Waals surface area contributed by atoms with Gasteiger partial charge in [-0.2, -0.15) is 0 Å². The molecule has 1 unspecified atom stereocenters. The fraction of sp³-hybridized carbons (Fsp3) is 0.435. The van der Waals surface area contributed by atoms with Crippen molar-refractivity contribution >= 4 is 5.97 Å². The Balaban J connectivity index is 1.72. The molecule has 0 saturated carbocycles. The van der Waals surface area contributed by atoms with Gasteiger partial charge in [-0.3, -0.25) is 0 Å². The molecule has 1 saturated heterocycles. The minimum atomic E-state index is -0.901. The van der Waals surface area contributed by atoms with Crippen LogP contribution in [0.5, 0.6) is 11.5 Å². The Morgan fingerprint density at radius 2 is 1.89 bits per heavy atom. The topological polar surface area (TPSA) is 67.8 Å². The molecule has 4 rings (SSSR count). The first-order valence-corrected chi connectivity index (χ1v) is 9.84. The number of hydrogen-bond donors (Lipinski definition) is 2. The molecular formula is C23H27NO4. The molecule has 28 heavy (non-hydrogen) atoms. The number of fused-ring (bicyclic) bond motifs is 1. The molecule has 2 aromatic carbocycles. The number of rotatable bonds is 4. The molecule has 1 spiro atoms. The van der Waals surface area contributed by atoms with E-state index < -0.39 is 5.97 Å². The minimum Gasteiger partial charge on any atom is -0.497 e. The highest BCUT2D eigenvalue weighted by Crippen LogP contribution is 2.51. The van der Waals surface area contributed by atoms with Crippen LogP contribution in [0.1, 0.15) is 41.3 Å². The van der Waals surface area contributed by atoms with E-state index in [2.05, 4.69) is 24.4 Å². The Labute approximate surface area is 165 Å². The van der Waals surface area contributed by atoms with Crippen molar-refractivity contribution in [2.24, 2.45) is 5.41 Å². The van der Waals surface area contributed by atoms with Crippen molar-refractivity contribution in [1.29, 1.82) is 0 Å². The number of carboxylic acids is 1. The summed E-state index contributed by atoms with van der Waals surface area (Å²) in [7, 11) is 1.67. The van der Waals surface area contributed by atoms with Crippen LogP contribution in [0.3, 0.4) is 0 Å². The third-order valence-corrected chi connectivity index (χ3v) is 6.46. The molecule has 0 bridgehead atoms. The van der Waals surface area contributed by atoms with Crippen LogP contribution >= 0.6 is 0 Å². The fourth-order valence-electron chi connectivity index (χ4n) is 4.82. The highest BCUT2D eigenvalue weighted by Gasteiger charge is 2.53. The monoisotopic (exact) mass is 381 g/mol. The molecule has 1 fully saturated rings. The van der Waals surface area contributed by atoms with Crippen molar-refractivity contribution in [2.75, 3.05) is 20.2 Å². The summed E-state index contributed by atoms with van der Waals surface area (Å²) in [5, 5.41) is 12.8. The van der Waals surface area contributed by atoms with E-state index in [1.807, 2.05) is 18.2 Å². The third-order valence-electron chi connectivity index (χ3n) is 6.46. The standard InChI is InChI=1S/C23H27NO4/c1-22(14-16-3-6-19(27-2)7-4-16)15-18-13-17(21(25)26)5-8-20(18)28-23(22)9-11-24-12-10-23/h3-8,13,24H,9-12,14-15H2,1-2H3,(H,25,26). The maximum absolute atomic E-state index is 11.4. The average molecular weight is 381 g/mol. The molecule has 5 nitrogen and oxygen atoms in total. The quantitative estimate of drug-likeness (QED) is 0.845. The number of carboxylic acid groups (broad SMARTS) is 1. The smallest absolute Gasteiger partial charge is 0.335 e. The van der Waals surface area contributed by atoms with E-state index in [0.29, 0.717) is 5.56 Å². The van der Waals surface area contributed by atoms with Gasteiger partial charge in [0.15, 0.2) is 0 Å². The van der Waals surface area contributed by atoms with E-state index in [-0.39, 0.29) is 11.0 Å². The zero-order chi connectivity index (χ0) is 19.8. The number of ether oxygens (including phenoxy) is 2. The highest BCUT2D eigenvalue weighted by molar-refractivity contribution is 5.88. The molecule has 0 aliphatic carbocycles. The largest absolute Gasteiger partial charge is 0.497 e. The third kappa shape index (κ3) is 3.24. The normalized spacial score (nSPS) is 22.9. The van der Waals surface area contributed by atoms with Gasteiger partial charge in [0.05, 0.1) is 12.7 Å². The van der Waals surface area contributed by atoms with Crippen molar-refractivity contribution < 1.29 is 19.4 Å². The lowest BCUT2D eigenvalue weighted by molar-refractivity contribution is -0.0884. The minimum absolute atomic E-state index is 0.131. The van der Waals surface area contributed by atoms with Crippen LogP contribution in [0.15, 0.2) is 42.5 Å². The van der Waals surface area contributed by atoms with Gasteiger partial charge in [-0.1, -0.05) is 19.1 Å². The second-order valence-corrected chi connectivity index (χ2v) is 8.24. The molecular weight excluding hydrogens is 354 g/mol. The SMILES string of the molecule is COc1ccc(CC2(C)Cc3cc(C(=O)O)ccc3OC23CCNCC3)cc1. The van der Waals surface area contributed by atoms with Crippen LogP contribution in [0.2, 0.25) is 0 Å². The van der Waals surface area contributed by atoms with Crippen LogP contribution in [0.4, 0.5) is 0 Å². The van der Waals surface area contributed by atoms with E-state index >= 15 is 0 Å². The van der Waals surface area contributed by atoms with Crippen LogP contribution < -0.4 is 14.8 Å². The highest BCUT2D eigenvalue weighted by atomic mass is 16.5. The Morgan fingerprint density at radius 1 is 1.18 bits per heavy atom. The molecule has 148 valence electrons. The summed E-state index contributed by atoms with van der Waals surface area (Å²) in [5.41, 5.74) is 2.15. The Morgan fingerprint density at radius 3 is 2.54 bits per heavy atom. The molecule has 2 aromatic rings. The number of nitrogens with one attached hydrogen (secondary N) is 1. The van der Waals surface area contributed by atoms with Crippen molar-refractivity contribution in [2.45, 2.75) is 38.2 Å². The van der Waals surface area contributed by atoms with Crippen molar-refractivity contribution in [3.63, 3.8) is 0 Å². The van der Waals surface area contributed by atoms with E-state index in [0.717, 1.165) is 55.8 Å². The van der Waals surface area contributed by atoms with Crippen molar-refractivity contribution in [3.8, 4) is 11.5 Å². The van der Waals surface area contributed by atoms with Gasteiger partial charge in [-0.05, 0) is 67.4 Å². The molecule has 1 atom stereocenters. The lowest BCUT2D eigenvalue weighted by Gasteiger charge is -2.54. The first-order chi connectivity index (χ1) is 13.4. The van der Waals surface area contributed by atoms with Crippen LogP contribution in [-0.2, 0) is 12.8 Å². The van der Waals surface area contributed by atoms with E-state index in [4.69, 9.17) is 9.47 Å². The summed E-state index contributed by atoms with van der Waals surface area (Å²) in [5.74, 6) is 0.780. The first-order valence-electron chi connectivity index (χ1n) is 9.84. The van der Waals surface area contributed by atoms with Crippen LogP contribution in [0.25, 0.3) is 0 Å². The molecule has 2 N–H and O–H groups in total. The van der Waals surface area contributed by atoms with Gasteiger partial charge in [0, 0.05) is 18.3 Å². The molecule has 5 heteroatoms. The predicted octanol–water partition coefficient (Wildman–Crippen LogP) is 3.70. The summed E-state index contributed by atoms with van der Waals surface area (Å²) < 4.78 is 12.0. The molecule has 2 aliphatic rings. The maximum Gasteiger partial charge on any atom is 0.335 e. The summed E-state index contributed by atoms with van der Waals surface area (Å²) in [6.07, 6.45) is 3.56. The zero-order valence-corrected chi connectivity index (χ0v) is 16.5. The van der Waals surface area contributed by atoms with Crippen LogP contribution in [-0.4, -0.2) is 36.9 Å². The Bertz CT molecular complexity index is 871. The number of piperidine rings is 1. The van der Waals surface area contributed by atoms with Crippen LogP contribution in [0, 0.1) is 5.41 Å². The van der Waals surface area contributed by atoms with Gasteiger partial charge in [-0.25, -0.2) is 4.79 Å². The molecule has 0 radical (unpaired) electrons. The van der Waals surface area contributed by atoms with E-state index in [1.54, 1.807) is 19.2 Å². The lowest BCUT2D eigenvalue weighted by Crippen LogP contribution is -2.60. The molecule has 2 heterocycles. The summed E-state index contributed by atoms with van der Waals surface area (Å²) in [6.45, 7) is 4.15. The number of hydrogen-bond acceptors (Lipinski definition) is 4. The van der Waals surface area contributed by atoms with Crippen molar-refractivity contribution in [1.82, 2.24) is 5.32 Å². The molecule has 0 aromatic heterocycles.